The molecule has 0 N–H and O–H groups in total. The van der Waals surface area contributed by atoms with Crippen LogP contribution in [-0.4, -0.2) is 17.0 Å². The van der Waals surface area contributed by atoms with Crippen LogP contribution in [0.5, 0.6) is 0 Å². The van der Waals surface area contributed by atoms with Gasteiger partial charge in [0.2, 0.25) is 0 Å². The average molecular weight is 377 g/mol. The summed E-state index contributed by atoms with van der Waals surface area (Å²) in [6, 6.07) is 12.4. The summed E-state index contributed by atoms with van der Waals surface area (Å²) < 4.78 is 0. The van der Waals surface area contributed by atoms with Crippen LogP contribution in [0.15, 0.2) is 36.5 Å². The van der Waals surface area contributed by atoms with Gasteiger partial charge in [0, 0.05) is 23.7 Å². The first-order valence-electron chi connectivity index (χ1n) is 9.07. The van der Waals surface area contributed by atoms with E-state index in [1.54, 1.807) is 17.5 Å². The smallest absolute Gasteiger partial charge is 0.190 e. The molecule has 4 nitrogen and oxygen atoms in total. The molecule has 138 valence electrons. The number of thiazole rings is 1. The number of aryl methyl sites for hydroxylation is 2. The minimum atomic E-state index is 0.410. The van der Waals surface area contributed by atoms with Crippen molar-refractivity contribution in [2.45, 2.75) is 34.1 Å². The van der Waals surface area contributed by atoms with Gasteiger partial charge in [-0.05, 0) is 55.5 Å². The van der Waals surface area contributed by atoms with Crippen molar-refractivity contribution < 1.29 is 0 Å². The Morgan fingerprint density at radius 2 is 1.96 bits per heavy atom. The Hall–Kier alpha value is -2.71. The lowest BCUT2D eigenvalue weighted by molar-refractivity contribution is 0.654. The lowest BCUT2D eigenvalue weighted by Crippen LogP contribution is -2.11. The van der Waals surface area contributed by atoms with Gasteiger partial charge in [0.25, 0.3) is 0 Å². The fourth-order valence-corrected chi connectivity index (χ4v) is 4.23. The van der Waals surface area contributed by atoms with Crippen LogP contribution in [0, 0.1) is 31.1 Å². The number of hydrogen-bond donors (Lipinski definition) is 0. The first-order chi connectivity index (χ1) is 12.9. The molecule has 0 aliphatic heterocycles. The van der Waals surface area contributed by atoms with Gasteiger partial charge in [0.15, 0.2) is 10.8 Å². The molecule has 0 aliphatic carbocycles. The van der Waals surface area contributed by atoms with Gasteiger partial charge in [-0.15, -0.1) is 11.3 Å². The Morgan fingerprint density at radius 3 is 2.63 bits per heavy atom. The van der Waals surface area contributed by atoms with Crippen molar-refractivity contribution in [3.63, 3.8) is 0 Å². The number of aromatic nitrogens is 2. The Morgan fingerprint density at radius 1 is 1.19 bits per heavy atom. The third-order valence-corrected chi connectivity index (χ3v) is 5.75. The van der Waals surface area contributed by atoms with Crippen molar-refractivity contribution in [3.8, 4) is 17.3 Å². The van der Waals surface area contributed by atoms with Crippen molar-refractivity contribution in [1.82, 2.24) is 9.97 Å². The highest BCUT2D eigenvalue weighted by atomic mass is 32.1. The summed E-state index contributed by atoms with van der Waals surface area (Å²) in [6.45, 7) is 8.71. The highest BCUT2D eigenvalue weighted by Crippen LogP contribution is 2.37. The Kier molecular flexibility index (Phi) is 5.57. The van der Waals surface area contributed by atoms with Crippen LogP contribution >= 0.6 is 11.3 Å². The topological polar surface area (TPSA) is 52.8 Å². The van der Waals surface area contributed by atoms with Crippen molar-refractivity contribution in [2.75, 3.05) is 11.9 Å². The van der Waals surface area contributed by atoms with E-state index in [4.69, 9.17) is 4.98 Å². The maximum absolute atomic E-state index is 9.37. The fraction of sp³-hybridized carbons (Fsp3) is 0.318. The molecule has 0 spiro atoms. The number of nitriles is 1. The molecule has 0 saturated heterocycles. The lowest BCUT2D eigenvalue weighted by Gasteiger charge is -2.16. The number of benzene rings is 1. The molecule has 0 bridgehead atoms. The highest BCUT2D eigenvalue weighted by molar-refractivity contribution is 7.16. The minimum Gasteiger partial charge on any atom is -0.318 e. The molecule has 0 amide bonds. The van der Waals surface area contributed by atoms with E-state index in [-0.39, 0.29) is 0 Å². The average Bonchev–Trinajstić information content (AvgIpc) is 3.06. The summed E-state index contributed by atoms with van der Waals surface area (Å²) in [4.78, 5) is 12.4. The molecule has 0 saturated carbocycles. The zero-order valence-electron chi connectivity index (χ0n) is 16.4. The van der Waals surface area contributed by atoms with Crippen LogP contribution in [0.25, 0.3) is 11.3 Å². The van der Waals surface area contributed by atoms with Crippen LogP contribution in [0.3, 0.4) is 0 Å². The third-order valence-electron chi connectivity index (χ3n) is 4.60. The fourth-order valence-electron chi connectivity index (χ4n) is 2.96. The van der Waals surface area contributed by atoms with Gasteiger partial charge >= 0.3 is 0 Å². The molecule has 1 aromatic carbocycles. The quantitative estimate of drug-likeness (QED) is 0.576. The molecular weight excluding hydrogens is 352 g/mol. The maximum Gasteiger partial charge on any atom is 0.190 e. The van der Waals surface area contributed by atoms with E-state index in [1.807, 2.05) is 24.1 Å². The molecule has 27 heavy (non-hydrogen) atoms. The SMILES string of the molecule is Cc1ccc(-c2nc(N(C)c3cccnc3C#N)sc2CC(C)C)cc1C. The van der Waals surface area contributed by atoms with E-state index in [9.17, 15) is 5.26 Å². The third kappa shape index (κ3) is 4.01. The van der Waals surface area contributed by atoms with Gasteiger partial charge < -0.3 is 4.90 Å². The number of rotatable bonds is 5. The van der Waals surface area contributed by atoms with Crippen LogP contribution < -0.4 is 4.90 Å². The number of nitrogens with zero attached hydrogens (tertiary/aromatic N) is 4. The minimum absolute atomic E-state index is 0.410. The van der Waals surface area contributed by atoms with Crippen molar-refractivity contribution in [1.29, 1.82) is 5.26 Å². The lowest BCUT2D eigenvalue weighted by atomic mass is 10.0. The van der Waals surface area contributed by atoms with Crippen molar-refractivity contribution >= 4 is 22.2 Å². The van der Waals surface area contributed by atoms with E-state index in [1.165, 1.54) is 16.0 Å². The molecule has 0 atom stereocenters. The van der Waals surface area contributed by atoms with E-state index < -0.39 is 0 Å². The first-order valence-corrected chi connectivity index (χ1v) is 9.88. The number of anilines is 2. The zero-order chi connectivity index (χ0) is 19.6. The van der Waals surface area contributed by atoms with Crippen LogP contribution in [0.2, 0.25) is 0 Å². The largest absolute Gasteiger partial charge is 0.318 e. The molecule has 2 aromatic heterocycles. The van der Waals surface area contributed by atoms with Crippen molar-refractivity contribution in [2.24, 2.45) is 5.92 Å². The van der Waals surface area contributed by atoms with Crippen LogP contribution in [-0.2, 0) is 6.42 Å². The second-order valence-corrected chi connectivity index (χ2v) is 8.27. The molecule has 0 unspecified atom stereocenters. The molecule has 5 heteroatoms. The molecule has 0 aliphatic rings. The standard InChI is InChI=1S/C22H24N4S/c1-14(2)11-20-21(17-9-8-15(3)16(4)12-17)25-22(27-20)26(5)19-7-6-10-24-18(19)13-23/h6-10,12,14H,11H2,1-5H3. The second-order valence-electron chi connectivity index (χ2n) is 7.21. The molecule has 2 heterocycles. The summed E-state index contributed by atoms with van der Waals surface area (Å²) in [6.07, 6.45) is 2.62. The van der Waals surface area contributed by atoms with Gasteiger partial charge in [-0.3, -0.25) is 0 Å². The monoisotopic (exact) mass is 376 g/mol. The van der Waals surface area contributed by atoms with Crippen LogP contribution in [0.4, 0.5) is 10.8 Å². The van der Waals surface area contributed by atoms with E-state index in [0.717, 1.165) is 28.5 Å². The number of pyridine rings is 1. The normalized spacial score (nSPS) is 10.9. The molecule has 3 aromatic rings. The molecule has 0 fully saturated rings. The van der Waals surface area contributed by atoms with Gasteiger partial charge in [-0.25, -0.2) is 9.97 Å². The Labute approximate surface area is 165 Å². The Balaban J connectivity index is 2.08. The zero-order valence-corrected chi connectivity index (χ0v) is 17.3. The van der Waals surface area contributed by atoms with E-state index >= 15 is 0 Å². The van der Waals surface area contributed by atoms with Crippen LogP contribution in [0.1, 0.15) is 35.5 Å². The first kappa shape index (κ1) is 19.1. The summed E-state index contributed by atoms with van der Waals surface area (Å²) >= 11 is 1.69. The van der Waals surface area contributed by atoms with Gasteiger partial charge in [-0.2, -0.15) is 5.26 Å². The second kappa shape index (κ2) is 7.89. The predicted molar refractivity (Wildman–Crippen MR) is 113 cm³/mol. The number of hydrogen-bond acceptors (Lipinski definition) is 5. The molecule has 0 radical (unpaired) electrons. The summed E-state index contributed by atoms with van der Waals surface area (Å²) in [5.41, 5.74) is 5.93. The van der Waals surface area contributed by atoms with Gasteiger partial charge in [-0.1, -0.05) is 26.0 Å². The molecule has 3 rings (SSSR count). The van der Waals surface area contributed by atoms with E-state index in [0.29, 0.717) is 11.6 Å². The summed E-state index contributed by atoms with van der Waals surface area (Å²) in [5.74, 6) is 0.543. The van der Waals surface area contributed by atoms with E-state index in [2.05, 4.69) is 56.9 Å². The Bertz CT molecular complexity index is 998. The molecular formula is C22H24N4S. The van der Waals surface area contributed by atoms with Gasteiger partial charge in [0.05, 0.1) is 11.4 Å². The highest BCUT2D eigenvalue weighted by Gasteiger charge is 2.19. The maximum atomic E-state index is 9.37. The predicted octanol–water partition coefficient (Wildman–Crippen LogP) is 5.66. The summed E-state index contributed by atoms with van der Waals surface area (Å²) in [5, 5.41) is 10.2. The summed E-state index contributed by atoms with van der Waals surface area (Å²) in [7, 11) is 1.94. The van der Waals surface area contributed by atoms with Gasteiger partial charge in [0.1, 0.15) is 6.07 Å². The van der Waals surface area contributed by atoms with Crippen molar-refractivity contribution in [3.05, 3.63) is 58.2 Å².